The van der Waals surface area contributed by atoms with Gasteiger partial charge in [-0.05, 0) is 78.8 Å². The number of carbonyl (C=O) groups is 1. The van der Waals surface area contributed by atoms with E-state index in [4.69, 9.17) is 0 Å². The van der Waals surface area contributed by atoms with E-state index < -0.39 is 0 Å². The molecule has 0 aliphatic carbocycles. The summed E-state index contributed by atoms with van der Waals surface area (Å²) in [5.41, 5.74) is 3.96. The maximum absolute atomic E-state index is 13.6. The van der Waals surface area contributed by atoms with Gasteiger partial charge in [0, 0.05) is 12.6 Å². The van der Waals surface area contributed by atoms with E-state index >= 15 is 0 Å². The van der Waals surface area contributed by atoms with Crippen molar-refractivity contribution in [2.45, 2.75) is 105 Å². The van der Waals surface area contributed by atoms with Gasteiger partial charge in [-0.1, -0.05) is 96.9 Å². The van der Waals surface area contributed by atoms with Crippen molar-refractivity contribution < 1.29 is 20.1 Å². The van der Waals surface area contributed by atoms with E-state index in [1.807, 2.05) is 12.1 Å². The second-order valence-electron chi connectivity index (χ2n) is 11.8. The van der Waals surface area contributed by atoms with Gasteiger partial charge in [0.25, 0.3) is 0 Å². The molecule has 0 spiro atoms. The second-order valence-corrected chi connectivity index (χ2v) is 11.8. The quantitative estimate of drug-likeness (QED) is 0.148. The van der Waals surface area contributed by atoms with Crippen LogP contribution in [0.2, 0.25) is 0 Å². The number of amides is 1. The fourth-order valence-corrected chi connectivity index (χ4v) is 5.62. The summed E-state index contributed by atoms with van der Waals surface area (Å²) >= 11 is 0. The Labute approximate surface area is 242 Å². The molecular weight excluding hydrogens is 498 g/mol. The predicted molar refractivity (Wildman–Crippen MR) is 167 cm³/mol. The summed E-state index contributed by atoms with van der Waals surface area (Å²) in [4.78, 5) is 13.6. The first-order chi connectivity index (χ1) is 19.1. The van der Waals surface area contributed by atoms with Crippen LogP contribution in [0, 0.1) is 17.8 Å². The smallest absolute Gasteiger partial charge is 0.227 e. The molecule has 0 aliphatic heterocycles. The van der Waals surface area contributed by atoms with Gasteiger partial charge in [0.15, 0.2) is 0 Å². The Bertz CT molecular complexity index is 1080. The molecule has 40 heavy (non-hydrogen) atoms. The molecule has 2 aromatic rings. The largest absolute Gasteiger partial charge is 0.508 e. The van der Waals surface area contributed by atoms with E-state index in [0.717, 1.165) is 41.5 Å². The maximum Gasteiger partial charge on any atom is 0.227 e. The van der Waals surface area contributed by atoms with Crippen LogP contribution >= 0.6 is 0 Å². The molecule has 0 aromatic heterocycles. The zero-order chi connectivity index (χ0) is 29.7. The van der Waals surface area contributed by atoms with Gasteiger partial charge >= 0.3 is 0 Å². The number of hydrogen-bond donors (Lipinski definition) is 4. The molecule has 0 radical (unpaired) electrons. The van der Waals surface area contributed by atoms with Gasteiger partial charge in [0.2, 0.25) is 5.91 Å². The lowest BCUT2D eigenvalue weighted by Crippen LogP contribution is -2.36. The van der Waals surface area contributed by atoms with Crippen LogP contribution in [0.5, 0.6) is 17.2 Å². The molecule has 0 fully saturated rings. The first kappa shape index (κ1) is 33.3. The second kappa shape index (κ2) is 17.0. The molecule has 4 atom stereocenters. The van der Waals surface area contributed by atoms with Crippen molar-refractivity contribution in [2.75, 3.05) is 6.54 Å². The number of aromatic hydroxyl groups is 3. The van der Waals surface area contributed by atoms with Crippen LogP contribution in [0.1, 0.15) is 116 Å². The Morgan fingerprint density at radius 2 is 1.52 bits per heavy atom. The molecule has 0 bridgehead atoms. The Hall–Kier alpha value is -2.95. The Balaban J connectivity index is 2.25. The molecule has 0 heterocycles. The van der Waals surface area contributed by atoms with Crippen molar-refractivity contribution in [3.05, 3.63) is 59.2 Å². The van der Waals surface area contributed by atoms with Gasteiger partial charge < -0.3 is 20.6 Å². The van der Waals surface area contributed by atoms with Crippen molar-refractivity contribution in [1.82, 2.24) is 5.32 Å². The van der Waals surface area contributed by atoms with Gasteiger partial charge in [0.1, 0.15) is 17.2 Å². The van der Waals surface area contributed by atoms with E-state index in [1.165, 1.54) is 38.2 Å². The third-order valence-corrected chi connectivity index (χ3v) is 8.51. The highest BCUT2D eigenvalue weighted by Gasteiger charge is 2.28. The first-order valence-electron chi connectivity index (χ1n) is 15.4. The van der Waals surface area contributed by atoms with Gasteiger partial charge in [0.05, 0.1) is 5.92 Å². The number of phenols is 3. The van der Waals surface area contributed by atoms with Crippen LogP contribution < -0.4 is 5.32 Å². The van der Waals surface area contributed by atoms with Crippen LogP contribution in [0.15, 0.2) is 48.0 Å². The summed E-state index contributed by atoms with van der Waals surface area (Å²) in [7, 11) is 0. The van der Waals surface area contributed by atoms with Crippen molar-refractivity contribution >= 4 is 11.5 Å². The summed E-state index contributed by atoms with van der Waals surface area (Å²) in [5.74, 6) is 1.02. The molecule has 2 aromatic carbocycles. The Kier molecular flexibility index (Phi) is 14.1. The average molecular weight is 552 g/mol. The predicted octanol–water partition coefficient (Wildman–Crippen LogP) is 8.94. The average Bonchev–Trinajstić information content (AvgIpc) is 2.92. The molecule has 222 valence electrons. The topological polar surface area (TPSA) is 89.8 Å². The monoisotopic (exact) mass is 551 g/mol. The van der Waals surface area contributed by atoms with Gasteiger partial charge in [-0.2, -0.15) is 0 Å². The molecule has 0 saturated heterocycles. The third kappa shape index (κ3) is 10.2. The summed E-state index contributed by atoms with van der Waals surface area (Å²) < 4.78 is 0. The number of rotatable bonds is 17. The number of unbranched alkanes of at least 4 members (excludes halogenated alkanes) is 3. The normalized spacial score (nSPS) is 15.2. The van der Waals surface area contributed by atoms with E-state index in [-0.39, 0.29) is 40.9 Å². The lowest BCUT2D eigenvalue weighted by atomic mass is 9.79. The van der Waals surface area contributed by atoms with E-state index in [0.29, 0.717) is 18.9 Å². The van der Waals surface area contributed by atoms with Crippen molar-refractivity contribution in [1.29, 1.82) is 0 Å². The zero-order valence-electron chi connectivity index (χ0n) is 25.7. The first-order valence-corrected chi connectivity index (χ1v) is 15.4. The molecule has 1 amide bonds. The van der Waals surface area contributed by atoms with Crippen LogP contribution in [-0.4, -0.2) is 27.8 Å². The number of hydrogen-bond acceptors (Lipinski definition) is 4. The lowest BCUT2D eigenvalue weighted by molar-refractivity contribution is -0.125. The Morgan fingerprint density at radius 1 is 0.850 bits per heavy atom. The minimum atomic E-state index is -0.244. The third-order valence-electron chi connectivity index (χ3n) is 8.51. The van der Waals surface area contributed by atoms with E-state index in [2.05, 4.69) is 46.9 Å². The summed E-state index contributed by atoms with van der Waals surface area (Å²) in [6.45, 7) is 13.6. The number of benzene rings is 2. The van der Waals surface area contributed by atoms with E-state index in [9.17, 15) is 20.1 Å². The summed E-state index contributed by atoms with van der Waals surface area (Å²) in [5, 5.41) is 33.3. The molecule has 4 unspecified atom stereocenters. The minimum Gasteiger partial charge on any atom is -0.508 e. The van der Waals surface area contributed by atoms with Crippen molar-refractivity contribution in [2.24, 2.45) is 17.8 Å². The SMILES string of the molecule is CCCCCCC(C)CCNC(=O)C(/C(C)=C(\CCC(C)c1ccc(O)cc1O)c1ccc(O)cc1)C(C)CC. The molecule has 5 nitrogen and oxygen atoms in total. The highest BCUT2D eigenvalue weighted by atomic mass is 16.3. The fraction of sp³-hybridized carbons (Fsp3) is 0.571. The highest BCUT2D eigenvalue weighted by molar-refractivity contribution is 5.85. The summed E-state index contributed by atoms with van der Waals surface area (Å²) in [6.07, 6.45) is 9.67. The van der Waals surface area contributed by atoms with Gasteiger partial charge in [-0.25, -0.2) is 0 Å². The number of carbonyl (C=O) groups excluding carboxylic acids is 1. The zero-order valence-corrected chi connectivity index (χ0v) is 25.7. The number of allylic oxidation sites excluding steroid dienone is 1. The highest BCUT2D eigenvalue weighted by Crippen LogP contribution is 2.37. The molecule has 5 heteroatoms. The lowest BCUT2D eigenvalue weighted by Gasteiger charge is -2.27. The van der Waals surface area contributed by atoms with Crippen LogP contribution in [0.25, 0.3) is 5.57 Å². The molecule has 0 saturated carbocycles. The van der Waals surface area contributed by atoms with Crippen LogP contribution in [0.3, 0.4) is 0 Å². The molecular formula is C35H53NO4. The maximum atomic E-state index is 13.6. The van der Waals surface area contributed by atoms with Crippen LogP contribution in [-0.2, 0) is 4.79 Å². The number of phenolic OH excluding ortho intramolecular Hbond substituents is 3. The summed E-state index contributed by atoms with van der Waals surface area (Å²) in [6, 6.07) is 12.0. The van der Waals surface area contributed by atoms with Crippen molar-refractivity contribution in [3.8, 4) is 17.2 Å². The fourth-order valence-electron chi connectivity index (χ4n) is 5.62. The molecule has 0 aliphatic rings. The standard InChI is InChI=1S/C35H53NO4/c1-7-9-10-11-12-24(3)21-22-36-35(40)34(25(4)8-2)27(6)32(28-14-16-29(37)17-15-28)19-13-26(5)31-20-18-30(38)23-33(31)39/h14-18,20,23-26,34,37-39H,7-13,19,21-22H2,1-6H3,(H,36,40)/b32-27+. The molecule has 2 rings (SSSR count). The van der Waals surface area contributed by atoms with Gasteiger partial charge in [-0.15, -0.1) is 0 Å². The van der Waals surface area contributed by atoms with Crippen molar-refractivity contribution in [3.63, 3.8) is 0 Å². The minimum absolute atomic E-state index is 0.0438. The Morgan fingerprint density at radius 3 is 2.15 bits per heavy atom. The van der Waals surface area contributed by atoms with Crippen LogP contribution in [0.4, 0.5) is 0 Å². The van der Waals surface area contributed by atoms with Gasteiger partial charge in [-0.3, -0.25) is 4.79 Å². The number of nitrogens with one attached hydrogen (secondary N) is 1. The van der Waals surface area contributed by atoms with E-state index in [1.54, 1.807) is 24.3 Å². The molecule has 4 N–H and O–H groups in total.